The summed E-state index contributed by atoms with van der Waals surface area (Å²) in [5, 5.41) is 15.7. The quantitative estimate of drug-likeness (QED) is 0.858. The van der Waals surface area contributed by atoms with E-state index in [2.05, 4.69) is 15.3 Å². The Balaban J connectivity index is 1.91. The van der Waals surface area contributed by atoms with Gasteiger partial charge >= 0.3 is 0 Å². The highest BCUT2D eigenvalue weighted by molar-refractivity contribution is 7.17. The van der Waals surface area contributed by atoms with Crippen molar-refractivity contribution in [2.24, 2.45) is 0 Å². The number of hydrogen-bond acceptors (Lipinski definition) is 5. The van der Waals surface area contributed by atoms with Gasteiger partial charge in [-0.05, 0) is 12.8 Å². The van der Waals surface area contributed by atoms with Crippen LogP contribution in [-0.4, -0.2) is 21.1 Å². The summed E-state index contributed by atoms with van der Waals surface area (Å²) in [7, 11) is 0. The highest BCUT2D eigenvalue weighted by Gasteiger charge is 2.17. The molecule has 5 heteroatoms. The van der Waals surface area contributed by atoms with Crippen molar-refractivity contribution >= 4 is 27.4 Å². The Bertz CT molecular complexity index is 519. The largest absolute Gasteiger partial charge is 0.506 e. The molecular formula is C12H15N3OS. The van der Waals surface area contributed by atoms with Gasteiger partial charge in [0.05, 0.1) is 5.39 Å². The Morgan fingerprint density at radius 1 is 1.24 bits per heavy atom. The lowest BCUT2D eigenvalue weighted by Crippen LogP contribution is -2.22. The standard InChI is InChI=1S/C12H15N3OS/c16-9-6-17-12-10(9)11(13-7-14-12)15-8-4-2-1-3-5-8/h6-8,16H,1-5H2,(H,13,14,15). The maximum Gasteiger partial charge on any atom is 0.142 e. The van der Waals surface area contributed by atoms with E-state index in [1.54, 1.807) is 11.7 Å². The van der Waals surface area contributed by atoms with Gasteiger partial charge in [-0.1, -0.05) is 19.3 Å². The highest BCUT2D eigenvalue weighted by Crippen LogP contribution is 2.35. The second kappa shape index (κ2) is 4.49. The molecule has 1 saturated carbocycles. The monoisotopic (exact) mass is 249 g/mol. The normalized spacial score (nSPS) is 17.4. The van der Waals surface area contributed by atoms with E-state index < -0.39 is 0 Å². The van der Waals surface area contributed by atoms with Crippen LogP contribution in [-0.2, 0) is 0 Å². The summed E-state index contributed by atoms with van der Waals surface area (Å²) in [6.07, 6.45) is 7.83. The molecule has 1 aliphatic rings. The zero-order valence-electron chi connectivity index (χ0n) is 9.52. The number of nitrogens with one attached hydrogen (secondary N) is 1. The lowest BCUT2D eigenvalue weighted by Gasteiger charge is -2.23. The zero-order valence-corrected chi connectivity index (χ0v) is 10.3. The summed E-state index contributed by atoms with van der Waals surface area (Å²) in [6.45, 7) is 0. The Morgan fingerprint density at radius 3 is 2.88 bits per heavy atom. The van der Waals surface area contributed by atoms with E-state index in [1.807, 2.05) is 0 Å². The molecule has 4 nitrogen and oxygen atoms in total. The molecule has 0 spiro atoms. The van der Waals surface area contributed by atoms with E-state index in [1.165, 1.54) is 43.4 Å². The first-order valence-corrected chi connectivity index (χ1v) is 6.90. The van der Waals surface area contributed by atoms with Crippen LogP contribution in [0, 0.1) is 0 Å². The van der Waals surface area contributed by atoms with Crippen molar-refractivity contribution in [2.75, 3.05) is 5.32 Å². The van der Waals surface area contributed by atoms with Gasteiger partial charge in [0, 0.05) is 11.4 Å². The molecule has 90 valence electrons. The van der Waals surface area contributed by atoms with Gasteiger partial charge in [0.25, 0.3) is 0 Å². The molecule has 0 atom stereocenters. The second-order valence-electron chi connectivity index (χ2n) is 4.50. The van der Waals surface area contributed by atoms with Crippen molar-refractivity contribution in [3.05, 3.63) is 11.7 Å². The third-order valence-electron chi connectivity index (χ3n) is 3.30. The fraction of sp³-hybridized carbons (Fsp3) is 0.500. The van der Waals surface area contributed by atoms with Gasteiger partial charge in [-0.3, -0.25) is 0 Å². The third-order valence-corrected chi connectivity index (χ3v) is 4.17. The van der Waals surface area contributed by atoms with Gasteiger partial charge in [-0.15, -0.1) is 11.3 Å². The van der Waals surface area contributed by atoms with Crippen molar-refractivity contribution < 1.29 is 5.11 Å². The molecule has 2 N–H and O–H groups in total. The Kier molecular flexibility index (Phi) is 2.84. The van der Waals surface area contributed by atoms with Gasteiger partial charge in [0.15, 0.2) is 0 Å². The SMILES string of the molecule is Oc1csc2ncnc(NC3CCCCC3)c12. The Labute approximate surface area is 104 Å². The van der Waals surface area contributed by atoms with E-state index in [9.17, 15) is 5.11 Å². The van der Waals surface area contributed by atoms with Crippen LogP contribution in [0.2, 0.25) is 0 Å². The molecule has 0 amide bonds. The molecule has 0 bridgehead atoms. The minimum Gasteiger partial charge on any atom is -0.506 e. The van der Waals surface area contributed by atoms with Crippen molar-refractivity contribution in [1.29, 1.82) is 0 Å². The smallest absolute Gasteiger partial charge is 0.142 e. The fourth-order valence-electron chi connectivity index (χ4n) is 2.41. The summed E-state index contributed by atoms with van der Waals surface area (Å²) in [6, 6.07) is 0.487. The summed E-state index contributed by atoms with van der Waals surface area (Å²) in [4.78, 5) is 9.27. The third kappa shape index (κ3) is 2.07. The first-order valence-electron chi connectivity index (χ1n) is 6.02. The van der Waals surface area contributed by atoms with Gasteiger partial charge in [0.1, 0.15) is 22.7 Å². The second-order valence-corrected chi connectivity index (χ2v) is 5.36. The van der Waals surface area contributed by atoms with E-state index in [0.29, 0.717) is 6.04 Å². The molecule has 0 radical (unpaired) electrons. The molecule has 0 aliphatic heterocycles. The topological polar surface area (TPSA) is 58.0 Å². The summed E-state index contributed by atoms with van der Waals surface area (Å²) in [5.74, 6) is 1.06. The number of hydrogen-bond donors (Lipinski definition) is 2. The minimum atomic E-state index is 0.281. The van der Waals surface area contributed by atoms with E-state index in [0.717, 1.165) is 16.0 Å². The van der Waals surface area contributed by atoms with Gasteiger partial charge < -0.3 is 10.4 Å². The van der Waals surface area contributed by atoms with Crippen molar-refractivity contribution in [1.82, 2.24) is 9.97 Å². The van der Waals surface area contributed by atoms with Crippen LogP contribution in [0.3, 0.4) is 0 Å². The fourth-order valence-corrected chi connectivity index (χ4v) is 3.18. The lowest BCUT2D eigenvalue weighted by molar-refractivity contribution is 0.461. The van der Waals surface area contributed by atoms with Gasteiger partial charge in [0.2, 0.25) is 0 Å². The number of aromatic nitrogens is 2. The van der Waals surface area contributed by atoms with Crippen LogP contribution in [0.15, 0.2) is 11.7 Å². The average molecular weight is 249 g/mol. The van der Waals surface area contributed by atoms with Crippen molar-refractivity contribution in [3.8, 4) is 5.75 Å². The van der Waals surface area contributed by atoms with E-state index in [4.69, 9.17) is 0 Å². The van der Waals surface area contributed by atoms with Crippen LogP contribution in [0.25, 0.3) is 10.2 Å². The molecular weight excluding hydrogens is 234 g/mol. The summed E-state index contributed by atoms with van der Waals surface area (Å²) < 4.78 is 0. The predicted octanol–water partition coefficient (Wildman–Crippen LogP) is 3.14. The van der Waals surface area contributed by atoms with E-state index >= 15 is 0 Å². The van der Waals surface area contributed by atoms with Crippen LogP contribution in [0.5, 0.6) is 5.75 Å². The van der Waals surface area contributed by atoms with Gasteiger partial charge in [-0.25, -0.2) is 9.97 Å². The van der Waals surface area contributed by atoms with Crippen LogP contribution < -0.4 is 5.32 Å². The first kappa shape index (κ1) is 10.8. The molecule has 1 aliphatic carbocycles. The molecule has 2 heterocycles. The summed E-state index contributed by atoms with van der Waals surface area (Å²) in [5.41, 5.74) is 0. The van der Waals surface area contributed by atoms with E-state index in [-0.39, 0.29) is 5.75 Å². The molecule has 0 unspecified atom stereocenters. The highest BCUT2D eigenvalue weighted by atomic mass is 32.1. The van der Waals surface area contributed by atoms with Crippen molar-refractivity contribution in [2.45, 2.75) is 38.1 Å². The Morgan fingerprint density at radius 2 is 2.06 bits per heavy atom. The number of nitrogens with zero attached hydrogens (tertiary/aromatic N) is 2. The molecule has 2 aromatic rings. The van der Waals surface area contributed by atoms with Crippen LogP contribution >= 0.6 is 11.3 Å². The minimum absolute atomic E-state index is 0.281. The number of fused-ring (bicyclic) bond motifs is 1. The number of aromatic hydroxyl groups is 1. The molecule has 17 heavy (non-hydrogen) atoms. The molecule has 3 rings (SSSR count). The van der Waals surface area contributed by atoms with Crippen LogP contribution in [0.1, 0.15) is 32.1 Å². The van der Waals surface area contributed by atoms with Crippen LogP contribution in [0.4, 0.5) is 5.82 Å². The maximum atomic E-state index is 9.81. The molecule has 0 saturated heterocycles. The molecule has 1 fully saturated rings. The average Bonchev–Trinajstić information content (AvgIpc) is 2.74. The Hall–Kier alpha value is -1.36. The zero-order chi connectivity index (χ0) is 11.7. The number of thiophene rings is 1. The van der Waals surface area contributed by atoms with Gasteiger partial charge in [-0.2, -0.15) is 0 Å². The number of rotatable bonds is 2. The summed E-state index contributed by atoms with van der Waals surface area (Å²) >= 11 is 1.45. The maximum absolute atomic E-state index is 9.81. The first-order chi connectivity index (χ1) is 8.34. The molecule has 2 aromatic heterocycles. The predicted molar refractivity (Wildman–Crippen MR) is 69.6 cm³/mol. The molecule has 0 aromatic carbocycles. The lowest BCUT2D eigenvalue weighted by atomic mass is 9.95. The number of anilines is 1. The van der Waals surface area contributed by atoms with Crippen molar-refractivity contribution in [3.63, 3.8) is 0 Å².